The van der Waals surface area contributed by atoms with E-state index < -0.39 is 12.4 Å². The summed E-state index contributed by atoms with van der Waals surface area (Å²) in [6.45, 7) is 1.31. The van der Waals surface area contributed by atoms with Crippen LogP contribution in [0.15, 0.2) is 11.6 Å². The topological polar surface area (TPSA) is 40.5 Å². The lowest BCUT2D eigenvalue weighted by Gasteiger charge is -2.13. The average Bonchev–Trinajstić information content (AvgIpc) is 1.98. The molecule has 13 heavy (non-hydrogen) atoms. The predicted octanol–water partition coefficient (Wildman–Crippen LogP) is 1.21. The van der Waals surface area contributed by atoms with E-state index in [1.165, 1.54) is 24.9 Å². The standard InChI is InChI=1S/C8H13F2NO2/c1-6(8(12)13)3-4-11(2)5-7(9)10/h3,7H,4-5H2,1-2H3,(H,12,13)/b6-3-. The Hall–Kier alpha value is -0.970. The van der Waals surface area contributed by atoms with Crippen LogP contribution in [0.5, 0.6) is 0 Å². The quantitative estimate of drug-likeness (QED) is 0.667. The first-order valence-corrected chi connectivity index (χ1v) is 3.80. The molecule has 0 saturated heterocycles. The summed E-state index contributed by atoms with van der Waals surface area (Å²) in [5, 5.41) is 8.44. The van der Waals surface area contributed by atoms with Gasteiger partial charge in [-0.05, 0) is 14.0 Å². The normalized spacial score (nSPS) is 12.6. The fraction of sp³-hybridized carbons (Fsp3) is 0.625. The number of hydrogen-bond acceptors (Lipinski definition) is 2. The van der Waals surface area contributed by atoms with Gasteiger partial charge in [-0.3, -0.25) is 4.90 Å². The van der Waals surface area contributed by atoms with Crippen LogP contribution in [0.4, 0.5) is 8.78 Å². The van der Waals surface area contributed by atoms with Gasteiger partial charge in [0.25, 0.3) is 6.43 Å². The highest BCUT2D eigenvalue weighted by Crippen LogP contribution is 1.97. The van der Waals surface area contributed by atoms with Crippen LogP contribution in [0.2, 0.25) is 0 Å². The van der Waals surface area contributed by atoms with Crippen LogP contribution in [-0.4, -0.2) is 42.5 Å². The van der Waals surface area contributed by atoms with E-state index in [-0.39, 0.29) is 18.7 Å². The van der Waals surface area contributed by atoms with Crippen molar-refractivity contribution < 1.29 is 18.7 Å². The molecule has 0 aromatic carbocycles. The molecule has 0 rings (SSSR count). The monoisotopic (exact) mass is 193 g/mol. The molecule has 0 aliphatic carbocycles. The van der Waals surface area contributed by atoms with E-state index in [1.807, 2.05) is 0 Å². The predicted molar refractivity (Wildman–Crippen MR) is 44.9 cm³/mol. The summed E-state index contributed by atoms with van der Waals surface area (Å²) < 4.78 is 23.6. The summed E-state index contributed by atoms with van der Waals surface area (Å²) in [7, 11) is 1.51. The fourth-order valence-electron chi connectivity index (χ4n) is 0.690. The maximum absolute atomic E-state index is 11.8. The van der Waals surface area contributed by atoms with Crippen LogP contribution in [0.1, 0.15) is 6.92 Å². The van der Waals surface area contributed by atoms with Crippen LogP contribution in [0.3, 0.4) is 0 Å². The maximum atomic E-state index is 11.8. The summed E-state index contributed by atoms with van der Waals surface area (Å²) in [5.41, 5.74) is 0.168. The molecule has 1 N–H and O–H groups in total. The second-order valence-corrected chi connectivity index (χ2v) is 2.80. The lowest BCUT2D eigenvalue weighted by atomic mass is 10.3. The Labute approximate surface area is 75.7 Å². The number of nitrogens with zero attached hydrogens (tertiary/aromatic N) is 1. The molecule has 0 atom stereocenters. The summed E-state index contributed by atoms with van der Waals surface area (Å²) in [4.78, 5) is 11.7. The second-order valence-electron chi connectivity index (χ2n) is 2.80. The minimum absolute atomic E-state index is 0.168. The Morgan fingerprint density at radius 3 is 2.54 bits per heavy atom. The summed E-state index contributed by atoms with van der Waals surface area (Å²) >= 11 is 0. The van der Waals surface area contributed by atoms with E-state index in [9.17, 15) is 13.6 Å². The molecule has 0 aromatic rings. The average molecular weight is 193 g/mol. The number of likely N-dealkylation sites (N-methyl/N-ethyl adjacent to an activating group) is 1. The van der Waals surface area contributed by atoms with Crippen LogP contribution >= 0.6 is 0 Å². The highest BCUT2D eigenvalue weighted by atomic mass is 19.3. The van der Waals surface area contributed by atoms with Crippen LogP contribution < -0.4 is 0 Å². The Morgan fingerprint density at radius 2 is 2.15 bits per heavy atom. The Kier molecular flexibility index (Phi) is 5.22. The number of rotatable bonds is 5. The minimum atomic E-state index is -2.39. The van der Waals surface area contributed by atoms with Crippen molar-refractivity contribution in [3.05, 3.63) is 11.6 Å². The molecule has 0 aliphatic heterocycles. The van der Waals surface area contributed by atoms with Gasteiger partial charge in [0.15, 0.2) is 0 Å². The lowest BCUT2D eigenvalue weighted by Crippen LogP contribution is -2.25. The van der Waals surface area contributed by atoms with E-state index in [1.54, 1.807) is 0 Å². The molecule has 0 heterocycles. The van der Waals surface area contributed by atoms with Gasteiger partial charge in [-0.15, -0.1) is 0 Å². The first-order chi connectivity index (χ1) is 5.93. The van der Waals surface area contributed by atoms with Crippen molar-refractivity contribution in [2.24, 2.45) is 0 Å². The molecule has 3 nitrogen and oxygen atoms in total. The Morgan fingerprint density at radius 1 is 1.62 bits per heavy atom. The van der Waals surface area contributed by atoms with Crippen molar-refractivity contribution in [1.29, 1.82) is 0 Å². The first-order valence-electron chi connectivity index (χ1n) is 3.80. The third-order valence-electron chi connectivity index (χ3n) is 1.50. The Balaban J connectivity index is 3.87. The van der Waals surface area contributed by atoms with E-state index in [2.05, 4.69) is 0 Å². The zero-order valence-corrected chi connectivity index (χ0v) is 7.63. The summed E-state index contributed by atoms with van der Waals surface area (Å²) in [5.74, 6) is -1.02. The number of carboxylic acid groups (broad SMARTS) is 1. The molecule has 0 bridgehead atoms. The Bertz CT molecular complexity index is 204. The van der Waals surface area contributed by atoms with Crippen molar-refractivity contribution in [2.75, 3.05) is 20.1 Å². The van der Waals surface area contributed by atoms with Crippen molar-refractivity contribution in [2.45, 2.75) is 13.3 Å². The molecule has 0 amide bonds. The maximum Gasteiger partial charge on any atom is 0.330 e. The molecule has 5 heteroatoms. The van der Waals surface area contributed by atoms with Gasteiger partial charge in [0.2, 0.25) is 0 Å². The smallest absolute Gasteiger partial charge is 0.330 e. The van der Waals surface area contributed by atoms with Crippen molar-refractivity contribution in [3.8, 4) is 0 Å². The molecule has 0 fully saturated rings. The molecule has 0 unspecified atom stereocenters. The van der Waals surface area contributed by atoms with Gasteiger partial charge in [0, 0.05) is 12.1 Å². The molecule has 0 saturated carbocycles. The SMILES string of the molecule is C/C(=C/CN(C)CC(F)F)C(=O)O. The van der Waals surface area contributed by atoms with E-state index in [0.717, 1.165) is 0 Å². The summed E-state index contributed by atoms with van der Waals surface area (Å²) in [6, 6.07) is 0. The third-order valence-corrected chi connectivity index (χ3v) is 1.50. The van der Waals surface area contributed by atoms with Crippen LogP contribution in [0, 0.1) is 0 Å². The van der Waals surface area contributed by atoms with Gasteiger partial charge in [-0.25, -0.2) is 13.6 Å². The van der Waals surface area contributed by atoms with Gasteiger partial charge >= 0.3 is 5.97 Å². The molecule has 76 valence electrons. The molecular formula is C8H13F2NO2. The molecule has 0 aromatic heterocycles. The third kappa shape index (κ3) is 6.21. The second kappa shape index (κ2) is 5.64. The van der Waals surface area contributed by atoms with Crippen LogP contribution in [-0.2, 0) is 4.79 Å². The number of carbonyl (C=O) groups is 1. The van der Waals surface area contributed by atoms with Gasteiger partial charge in [-0.2, -0.15) is 0 Å². The van der Waals surface area contributed by atoms with Crippen LogP contribution in [0.25, 0.3) is 0 Å². The van der Waals surface area contributed by atoms with Gasteiger partial charge < -0.3 is 5.11 Å². The largest absolute Gasteiger partial charge is 0.478 e. The van der Waals surface area contributed by atoms with Gasteiger partial charge in [0.1, 0.15) is 0 Å². The van der Waals surface area contributed by atoms with E-state index in [0.29, 0.717) is 0 Å². The number of hydrogen-bond donors (Lipinski definition) is 1. The highest BCUT2D eigenvalue weighted by Gasteiger charge is 2.06. The molecular weight excluding hydrogens is 180 g/mol. The first kappa shape index (κ1) is 12.0. The lowest BCUT2D eigenvalue weighted by molar-refractivity contribution is -0.132. The number of carboxylic acids is 1. The fourth-order valence-corrected chi connectivity index (χ4v) is 0.690. The molecule has 0 radical (unpaired) electrons. The zero-order valence-electron chi connectivity index (χ0n) is 7.63. The van der Waals surface area contributed by atoms with Gasteiger partial charge in [0.05, 0.1) is 6.54 Å². The molecule has 0 aliphatic rings. The number of alkyl halides is 2. The molecule has 0 spiro atoms. The van der Waals surface area contributed by atoms with E-state index >= 15 is 0 Å². The van der Waals surface area contributed by atoms with E-state index in [4.69, 9.17) is 5.11 Å². The number of aliphatic carboxylic acids is 1. The van der Waals surface area contributed by atoms with Crippen molar-refractivity contribution in [1.82, 2.24) is 4.90 Å². The van der Waals surface area contributed by atoms with Crippen molar-refractivity contribution >= 4 is 5.97 Å². The number of halogens is 2. The summed E-state index contributed by atoms with van der Waals surface area (Å²) in [6.07, 6.45) is -0.978. The minimum Gasteiger partial charge on any atom is -0.478 e. The zero-order chi connectivity index (χ0) is 10.4. The van der Waals surface area contributed by atoms with Crippen molar-refractivity contribution in [3.63, 3.8) is 0 Å². The van der Waals surface area contributed by atoms with Gasteiger partial charge in [-0.1, -0.05) is 6.08 Å². The highest BCUT2D eigenvalue weighted by molar-refractivity contribution is 5.85.